The molecule has 5 heteroatoms. The van der Waals surface area contributed by atoms with E-state index in [1.54, 1.807) is 0 Å². The fraction of sp³-hybridized carbons (Fsp3) is 0.345. The lowest BCUT2D eigenvalue weighted by Gasteiger charge is -2.43. The molecule has 3 aromatic carbocycles. The van der Waals surface area contributed by atoms with Crippen molar-refractivity contribution >= 4 is 40.6 Å². The van der Waals surface area contributed by atoms with Gasteiger partial charge >= 0.3 is 14.3 Å². The SMILES string of the molecule is CCOC(=O)CC1CCc2cc(O[Si](c3ccccc3)(c3ccccc3)C(C)(C)C)c(Br)cc21. The summed E-state index contributed by atoms with van der Waals surface area (Å²) >= 11 is 3.82. The van der Waals surface area contributed by atoms with E-state index in [4.69, 9.17) is 9.16 Å². The Labute approximate surface area is 212 Å². The third-order valence-electron chi connectivity index (χ3n) is 6.79. The lowest BCUT2D eigenvalue weighted by molar-refractivity contribution is -0.143. The smallest absolute Gasteiger partial charge is 0.320 e. The molecule has 3 nitrogen and oxygen atoms in total. The number of esters is 1. The van der Waals surface area contributed by atoms with E-state index in [0.717, 1.165) is 23.1 Å². The van der Waals surface area contributed by atoms with Gasteiger partial charge < -0.3 is 9.16 Å². The van der Waals surface area contributed by atoms with Crippen LogP contribution in [-0.2, 0) is 16.0 Å². The monoisotopic (exact) mass is 536 g/mol. The summed E-state index contributed by atoms with van der Waals surface area (Å²) in [6.45, 7) is 9.14. The number of carbonyl (C=O) groups is 1. The Hall–Kier alpha value is -2.37. The molecule has 0 fully saturated rings. The number of benzene rings is 3. The first-order valence-electron chi connectivity index (χ1n) is 12.0. The summed E-state index contributed by atoms with van der Waals surface area (Å²) in [5, 5.41) is 2.39. The maximum atomic E-state index is 12.1. The Morgan fingerprint density at radius 2 is 1.59 bits per heavy atom. The molecule has 3 aromatic rings. The van der Waals surface area contributed by atoms with E-state index in [-0.39, 0.29) is 16.9 Å². The van der Waals surface area contributed by atoms with Crippen LogP contribution in [0.1, 0.15) is 57.6 Å². The van der Waals surface area contributed by atoms with Crippen molar-refractivity contribution in [1.82, 2.24) is 0 Å². The Kier molecular flexibility index (Phi) is 7.34. The number of fused-ring (bicyclic) bond motifs is 1. The minimum atomic E-state index is -2.71. The lowest BCUT2D eigenvalue weighted by Crippen LogP contribution is -2.68. The molecule has 0 aliphatic heterocycles. The van der Waals surface area contributed by atoms with Crippen LogP contribution >= 0.6 is 15.9 Å². The molecular weight excluding hydrogens is 504 g/mol. The molecule has 1 atom stereocenters. The van der Waals surface area contributed by atoms with Gasteiger partial charge in [0.25, 0.3) is 0 Å². The second-order valence-corrected chi connectivity index (χ2v) is 15.1. The lowest BCUT2D eigenvalue weighted by atomic mass is 9.98. The molecule has 0 saturated carbocycles. The summed E-state index contributed by atoms with van der Waals surface area (Å²) in [7, 11) is -2.71. The minimum Gasteiger partial charge on any atom is -0.533 e. The second-order valence-electron chi connectivity index (χ2n) is 9.99. The molecular formula is C29H33BrO3Si. The van der Waals surface area contributed by atoms with Gasteiger partial charge in [-0.3, -0.25) is 4.79 Å². The highest BCUT2D eigenvalue weighted by molar-refractivity contribution is 9.10. The quantitative estimate of drug-likeness (QED) is 0.260. The van der Waals surface area contributed by atoms with E-state index in [2.05, 4.69) is 109 Å². The van der Waals surface area contributed by atoms with E-state index < -0.39 is 8.32 Å². The molecule has 4 rings (SSSR count). The van der Waals surface area contributed by atoms with E-state index in [1.807, 2.05) is 6.92 Å². The Morgan fingerprint density at radius 3 is 2.12 bits per heavy atom. The molecule has 1 aliphatic rings. The fourth-order valence-electron chi connectivity index (χ4n) is 5.22. The number of halogens is 1. The van der Waals surface area contributed by atoms with Crippen LogP contribution in [0.25, 0.3) is 0 Å². The van der Waals surface area contributed by atoms with Crippen LogP contribution < -0.4 is 14.8 Å². The van der Waals surface area contributed by atoms with Crippen molar-refractivity contribution in [2.75, 3.05) is 6.61 Å². The van der Waals surface area contributed by atoms with Gasteiger partial charge in [0.1, 0.15) is 5.75 Å². The van der Waals surface area contributed by atoms with Crippen LogP contribution in [0.2, 0.25) is 5.04 Å². The molecule has 0 heterocycles. The van der Waals surface area contributed by atoms with E-state index in [9.17, 15) is 4.79 Å². The number of hydrogen-bond acceptors (Lipinski definition) is 3. The maximum Gasteiger partial charge on any atom is 0.320 e. The van der Waals surface area contributed by atoms with E-state index >= 15 is 0 Å². The van der Waals surface area contributed by atoms with Crippen LogP contribution in [0.5, 0.6) is 5.75 Å². The average molecular weight is 538 g/mol. The zero-order valence-corrected chi connectivity index (χ0v) is 23.0. The van der Waals surface area contributed by atoms with Gasteiger partial charge in [-0.05, 0) is 80.3 Å². The number of rotatable bonds is 7. The standard InChI is InChI=1S/C29H33BrO3Si/c1-5-32-28(31)19-22-17-16-21-18-27(26(30)20-25(21)22)33-34(29(2,3)4,23-12-8-6-9-13-23)24-14-10-7-11-15-24/h6-15,18,20,22H,5,16-17,19H2,1-4H3. The Bertz CT molecular complexity index is 1100. The first-order chi connectivity index (χ1) is 16.3. The van der Waals surface area contributed by atoms with Crippen molar-refractivity contribution in [2.24, 2.45) is 0 Å². The molecule has 0 amide bonds. The van der Waals surface area contributed by atoms with Crippen molar-refractivity contribution in [3.05, 3.63) is 88.4 Å². The second kappa shape index (κ2) is 10.1. The number of ether oxygens (including phenoxy) is 1. The average Bonchev–Trinajstić information content (AvgIpc) is 3.19. The molecule has 0 spiro atoms. The number of carbonyl (C=O) groups excluding carboxylic acids is 1. The first-order valence-corrected chi connectivity index (χ1v) is 14.7. The summed E-state index contributed by atoms with van der Waals surface area (Å²) in [5.41, 5.74) is 2.50. The van der Waals surface area contributed by atoms with Gasteiger partial charge in [0.2, 0.25) is 0 Å². The summed E-state index contributed by atoms with van der Waals surface area (Å²) < 4.78 is 13.4. The first kappa shape index (κ1) is 24.7. The van der Waals surface area contributed by atoms with Crippen molar-refractivity contribution < 1.29 is 14.0 Å². The summed E-state index contributed by atoms with van der Waals surface area (Å²) in [4.78, 5) is 12.1. The topological polar surface area (TPSA) is 35.5 Å². The predicted octanol–water partition coefficient (Wildman–Crippen LogP) is 6.37. The molecule has 0 N–H and O–H groups in total. The largest absolute Gasteiger partial charge is 0.533 e. The van der Waals surface area contributed by atoms with Gasteiger partial charge in [0.05, 0.1) is 17.5 Å². The highest BCUT2D eigenvalue weighted by Gasteiger charge is 2.52. The molecule has 0 radical (unpaired) electrons. The van der Waals surface area contributed by atoms with Crippen LogP contribution in [0.15, 0.2) is 77.3 Å². The van der Waals surface area contributed by atoms with Gasteiger partial charge in [-0.15, -0.1) is 0 Å². The molecule has 0 bridgehead atoms. The summed E-state index contributed by atoms with van der Waals surface area (Å²) in [6, 6.07) is 25.7. The van der Waals surface area contributed by atoms with Crippen molar-refractivity contribution in [3.63, 3.8) is 0 Å². The molecule has 34 heavy (non-hydrogen) atoms. The van der Waals surface area contributed by atoms with Crippen LogP contribution in [0.4, 0.5) is 0 Å². The van der Waals surface area contributed by atoms with Gasteiger partial charge in [-0.2, -0.15) is 0 Å². The third kappa shape index (κ3) is 4.73. The van der Waals surface area contributed by atoms with Crippen molar-refractivity contribution in [1.29, 1.82) is 0 Å². The molecule has 178 valence electrons. The van der Waals surface area contributed by atoms with Gasteiger partial charge in [0.15, 0.2) is 0 Å². The highest BCUT2D eigenvalue weighted by atomic mass is 79.9. The molecule has 1 aliphatic carbocycles. The minimum absolute atomic E-state index is 0.111. The van der Waals surface area contributed by atoms with Crippen LogP contribution in [0.3, 0.4) is 0 Å². The normalized spacial score (nSPS) is 15.6. The summed E-state index contributed by atoms with van der Waals surface area (Å²) in [6.07, 6.45) is 2.34. The van der Waals surface area contributed by atoms with E-state index in [1.165, 1.54) is 21.5 Å². The van der Waals surface area contributed by atoms with Crippen LogP contribution in [-0.4, -0.2) is 20.9 Å². The van der Waals surface area contributed by atoms with Gasteiger partial charge in [-0.1, -0.05) is 81.4 Å². The zero-order valence-electron chi connectivity index (χ0n) is 20.4. The maximum absolute atomic E-state index is 12.1. The zero-order chi connectivity index (χ0) is 24.3. The van der Waals surface area contributed by atoms with Gasteiger partial charge in [-0.25, -0.2) is 0 Å². The van der Waals surface area contributed by atoms with E-state index in [0.29, 0.717) is 13.0 Å². The Morgan fingerprint density at radius 1 is 1.00 bits per heavy atom. The van der Waals surface area contributed by atoms with Gasteiger partial charge in [0, 0.05) is 0 Å². The van der Waals surface area contributed by atoms with Crippen LogP contribution in [0, 0.1) is 0 Å². The number of hydrogen-bond donors (Lipinski definition) is 0. The van der Waals surface area contributed by atoms with Crippen molar-refractivity contribution in [2.45, 2.75) is 57.9 Å². The molecule has 1 unspecified atom stereocenters. The Balaban J connectivity index is 1.79. The third-order valence-corrected chi connectivity index (χ3v) is 12.3. The highest BCUT2D eigenvalue weighted by Crippen LogP contribution is 2.44. The predicted molar refractivity (Wildman–Crippen MR) is 145 cm³/mol. The molecule has 0 aromatic heterocycles. The number of aryl methyl sites for hydroxylation is 1. The summed E-state index contributed by atoms with van der Waals surface area (Å²) in [5.74, 6) is 0.959. The molecule has 0 saturated heterocycles. The van der Waals surface area contributed by atoms with Crippen molar-refractivity contribution in [3.8, 4) is 5.75 Å². The fourth-order valence-corrected chi connectivity index (χ4v) is 10.2.